The quantitative estimate of drug-likeness (QED) is 0.842. The Bertz CT molecular complexity index is 396. The van der Waals surface area contributed by atoms with Crippen molar-refractivity contribution in [3.8, 4) is 5.75 Å². The van der Waals surface area contributed by atoms with Gasteiger partial charge in [-0.05, 0) is 47.1 Å². The summed E-state index contributed by atoms with van der Waals surface area (Å²) in [5.41, 5.74) is 6.29. The van der Waals surface area contributed by atoms with E-state index in [4.69, 9.17) is 10.5 Å². The van der Waals surface area contributed by atoms with Crippen LogP contribution in [0.3, 0.4) is 0 Å². The third kappa shape index (κ3) is 4.36. The van der Waals surface area contributed by atoms with E-state index in [1.165, 1.54) is 0 Å². The van der Waals surface area contributed by atoms with Gasteiger partial charge < -0.3 is 15.8 Å². The fourth-order valence-corrected chi connectivity index (χ4v) is 1.79. The molecule has 0 aliphatic carbocycles. The zero-order chi connectivity index (χ0) is 12.8. The fourth-order valence-electron chi connectivity index (χ4n) is 1.27. The van der Waals surface area contributed by atoms with E-state index in [-0.39, 0.29) is 0 Å². The summed E-state index contributed by atoms with van der Waals surface area (Å²) in [6.07, 6.45) is -0.633. The van der Waals surface area contributed by atoms with Crippen LogP contribution in [0.1, 0.15) is 19.4 Å². The van der Waals surface area contributed by atoms with Gasteiger partial charge in [-0.25, -0.2) is 0 Å². The van der Waals surface area contributed by atoms with Crippen molar-refractivity contribution in [3.63, 3.8) is 0 Å². The van der Waals surface area contributed by atoms with Crippen molar-refractivity contribution in [2.45, 2.75) is 26.5 Å². The van der Waals surface area contributed by atoms with Gasteiger partial charge in [0.2, 0.25) is 0 Å². The average Bonchev–Trinajstić information content (AvgIpc) is 2.29. The van der Waals surface area contributed by atoms with Crippen LogP contribution >= 0.6 is 15.9 Å². The van der Waals surface area contributed by atoms with Gasteiger partial charge in [0.05, 0.1) is 4.47 Å². The van der Waals surface area contributed by atoms with Gasteiger partial charge in [0.25, 0.3) is 5.91 Å². The molecule has 0 heterocycles. The number of nitrogens with two attached hydrogens (primary N) is 1. The van der Waals surface area contributed by atoms with Gasteiger partial charge in [-0.2, -0.15) is 0 Å². The Hall–Kier alpha value is -1.07. The molecule has 0 saturated carbocycles. The molecule has 0 spiro atoms. The molecule has 1 aromatic rings. The molecule has 5 heteroatoms. The highest BCUT2D eigenvalue weighted by Gasteiger charge is 2.12. The summed E-state index contributed by atoms with van der Waals surface area (Å²) in [6, 6.07) is 5.75. The second-order valence-electron chi connectivity index (χ2n) is 3.71. The van der Waals surface area contributed by atoms with Crippen LogP contribution < -0.4 is 15.8 Å². The van der Waals surface area contributed by atoms with Gasteiger partial charge in [-0.3, -0.25) is 4.79 Å². The molecule has 0 fully saturated rings. The monoisotopic (exact) mass is 300 g/mol. The van der Waals surface area contributed by atoms with Gasteiger partial charge in [-0.15, -0.1) is 0 Å². The van der Waals surface area contributed by atoms with E-state index in [9.17, 15) is 4.79 Å². The Morgan fingerprint density at radius 1 is 1.59 bits per heavy atom. The SMILES string of the molecule is CCNCc1ccc(OC(C)C(N)=O)c(Br)c1. The summed E-state index contributed by atoms with van der Waals surface area (Å²) in [4.78, 5) is 10.9. The topological polar surface area (TPSA) is 64.3 Å². The smallest absolute Gasteiger partial charge is 0.258 e. The van der Waals surface area contributed by atoms with Crippen molar-refractivity contribution in [1.29, 1.82) is 0 Å². The highest BCUT2D eigenvalue weighted by atomic mass is 79.9. The summed E-state index contributed by atoms with van der Waals surface area (Å²) >= 11 is 3.41. The lowest BCUT2D eigenvalue weighted by Crippen LogP contribution is -2.30. The standard InChI is InChI=1S/C12H17BrN2O2/c1-3-15-7-9-4-5-11(10(13)6-9)17-8(2)12(14)16/h4-6,8,15H,3,7H2,1-2H3,(H2,14,16). The highest BCUT2D eigenvalue weighted by molar-refractivity contribution is 9.10. The van der Waals surface area contributed by atoms with Crippen LogP contribution in [-0.2, 0) is 11.3 Å². The van der Waals surface area contributed by atoms with Gasteiger partial charge in [0, 0.05) is 6.54 Å². The number of carbonyl (C=O) groups is 1. The van der Waals surface area contributed by atoms with Crippen molar-refractivity contribution in [2.75, 3.05) is 6.54 Å². The second kappa shape index (κ2) is 6.61. The number of primary amides is 1. The van der Waals surface area contributed by atoms with Gasteiger partial charge >= 0.3 is 0 Å². The Balaban J connectivity index is 2.72. The maximum Gasteiger partial charge on any atom is 0.258 e. The number of carbonyl (C=O) groups excluding carboxylic acids is 1. The highest BCUT2D eigenvalue weighted by Crippen LogP contribution is 2.26. The van der Waals surface area contributed by atoms with Gasteiger partial charge in [0.15, 0.2) is 6.10 Å². The van der Waals surface area contributed by atoms with E-state index in [0.29, 0.717) is 5.75 Å². The molecular formula is C12H17BrN2O2. The lowest BCUT2D eigenvalue weighted by Gasteiger charge is -2.13. The Labute approximate surface area is 110 Å². The third-order valence-corrected chi connectivity index (χ3v) is 2.90. The largest absolute Gasteiger partial charge is 0.480 e. The normalized spacial score (nSPS) is 12.2. The van der Waals surface area contributed by atoms with Crippen LogP contribution in [0, 0.1) is 0 Å². The lowest BCUT2D eigenvalue weighted by atomic mass is 10.2. The lowest BCUT2D eigenvalue weighted by molar-refractivity contribution is -0.124. The second-order valence-corrected chi connectivity index (χ2v) is 4.56. The first kappa shape index (κ1) is 14.0. The van der Waals surface area contributed by atoms with E-state index in [1.54, 1.807) is 6.92 Å². The molecule has 17 heavy (non-hydrogen) atoms. The molecule has 1 aromatic carbocycles. The molecule has 0 aliphatic rings. The molecule has 1 atom stereocenters. The Morgan fingerprint density at radius 2 is 2.29 bits per heavy atom. The number of nitrogens with one attached hydrogen (secondary N) is 1. The zero-order valence-electron chi connectivity index (χ0n) is 10.00. The maximum atomic E-state index is 10.9. The molecule has 0 saturated heterocycles. The number of halogens is 1. The predicted octanol–water partition coefficient (Wildman–Crippen LogP) is 1.81. The van der Waals surface area contributed by atoms with Crippen molar-refractivity contribution in [2.24, 2.45) is 5.73 Å². The minimum absolute atomic E-state index is 0.478. The van der Waals surface area contributed by atoms with Crippen LogP contribution in [-0.4, -0.2) is 18.6 Å². The number of benzene rings is 1. The summed E-state index contributed by atoms with van der Waals surface area (Å²) in [6.45, 7) is 5.41. The van der Waals surface area contributed by atoms with E-state index < -0.39 is 12.0 Å². The third-order valence-electron chi connectivity index (χ3n) is 2.28. The summed E-state index contributed by atoms with van der Waals surface area (Å²) < 4.78 is 6.24. The minimum atomic E-state index is -0.633. The first-order valence-corrected chi connectivity index (χ1v) is 6.29. The molecule has 4 nitrogen and oxygen atoms in total. The molecule has 0 radical (unpaired) electrons. The number of rotatable bonds is 6. The molecule has 1 unspecified atom stereocenters. The van der Waals surface area contributed by atoms with Crippen molar-refractivity contribution in [3.05, 3.63) is 28.2 Å². The van der Waals surface area contributed by atoms with Crippen LogP contribution in [0.4, 0.5) is 0 Å². The molecule has 94 valence electrons. The van der Waals surface area contributed by atoms with Crippen molar-refractivity contribution in [1.82, 2.24) is 5.32 Å². The molecule has 0 bridgehead atoms. The summed E-state index contributed by atoms with van der Waals surface area (Å²) in [7, 11) is 0. The molecular weight excluding hydrogens is 284 g/mol. The van der Waals surface area contributed by atoms with Crippen molar-refractivity contribution >= 4 is 21.8 Å². The Kier molecular flexibility index (Phi) is 5.44. The van der Waals surface area contributed by atoms with Crippen LogP contribution in [0.5, 0.6) is 5.75 Å². The number of amides is 1. The van der Waals surface area contributed by atoms with E-state index >= 15 is 0 Å². The fraction of sp³-hybridized carbons (Fsp3) is 0.417. The first-order valence-electron chi connectivity index (χ1n) is 5.49. The Morgan fingerprint density at radius 3 is 2.82 bits per heavy atom. The zero-order valence-corrected chi connectivity index (χ0v) is 11.6. The molecule has 1 rings (SSSR count). The van der Waals surface area contributed by atoms with Crippen LogP contribution in [0.15, 0.2) is 22.7 Å². The van der Waals surface area contributed by atoms with Gasteiger partial charge in [-0.1, -0.05) is 13.0 Å². The summed E-state index contributed by atoms with van der Waals surface area (Å²) in [5, 5.41) is 3.23. The first-order chi connectivity index (χ1) is 8.04. The average molecular weight is 301 g/mol. The molecule has 3 N–H and O–H groups in total. The van der Waals surface area contributed by atoms with Crippen molar-refractivity contribution < 1.29 is 9.53 Å². The van der Waals surface area contributed by atoms with Gasteiger partial charge in [0.1, 0.15) is 5.75 Å². The minimum Gasteiger partial charge on any atom is -0.480 e. The molecule has 0 aliphatic heterocycles. The van der Waals surface area contributed by atoms with E-state index in [1.807, 2.05) is 18.2 Å². The van der Waals surface area contributed by atoms with E-state index in [0.717, 1.165) is 23.1 Å². The van der Waals surface area contributed by atoms with Crippen LogP contribution in [0.2, 0.25) is 0 Å². The number of ether oxygens (including phenoxy) is 1. The van der Waals surface area contributed by atoms with E-state index in [2.05, 4.69) is 28.2 Å². The molecule has 0 aromatic heterocycles. The predicted molar refractivity (Wildman–Crippen MR) is 70.8 cm³/mol. The maximum absolute atomic E-state index is 10.9. The number of hydrogen-bond donors (Lipinski definition) is 2. The van der Waals surface area contributed by atoms with Crippen LogP contribution in [0.25, 0.3) is 0 Å². The summed E-state index contributed by atoms with van der Waals surface area (Å²) in [5.74, 6) is 0.144. The number of hydrogen-bond acceptors (Lipinski definition) is 3. The molecule has 1 amide bonds.